The van der Waals surface area contributed by atoms with Gasteiger partial charge in [-0.1, -0.05) is 22.9 Å². The van der Waals surface area contributed by atoms with Crippen LogP contribution in [0.4, 0.5) is 0 Å². The Hall–Kier alpha value is -3.16. The quantitative estimate of drug-likeness (QED) is 0.214. The van der Waals surface area contributed by atoms with Gasteiger partial charge in [0.05, 0.1) is 0 Å². The Morgan fingerprint density at radius 3 is 2.46 bits per heavy atom. The van der Waals surface area contributed by atoms with E-state index in [1.807, 2.05) is 0 Å². The average molecular weight is 471 g/mol. The first-order chi connectivity index (χ1) is 12.4. The van der Waals surface area contributed by atoms with Crippen molar-refractivity contribution < 1.29 is 14.4 Å². The molecule has 134 valence electrons. The number of amides is 1. The van der Waals surface area contributed by atoms with Gasteiger partial charge in [-0.25, -0.2) is 14.4 Å². The maximum atomic E-state index is 12.2. The minimum Gasteiger partial charge on any atom is -0.331 e. The lowest BCUT2D eigenvalue weighted by Gasteiger charge is -2.11. The van der Waals surface area contributed by atoms with Gasteiger partial charge in [-0.15, -0.1) is 0 Å². The lowest BCUT2D eigenvalue weighted by atomic mass is 10.2. The van der Waals surface area contributed by atoms with Crippen LogP contribution in [0.2, 0.25) is 0 Å². The fraction of sp³-hybridized carbons (Fsp3) is 0.0714. The number of nitrogens with zero attached hydrogens (tertiary/aromatic N) is 1. The number of halogens is 1. The number of H-pyrrole nitrogens is 3. The van der Waals surface area contributed by atoms with Crippen LogP contribution in [0, 0.1) is 0 Å². The van der Waals surface area contributed by atoms with Crippen molar-refractivity contribution in [1.82, 2.24) is 25.0 Å². The second kappa shape index (κ2) is 6.99. The van der Waals surface area contributed by atoms with E-state index in [1.165, 1.54) is 0 Å². The highest BCUT2D eigenvalue weighted by Gasteiger charge is 2.23. The second-order valence-corrected chi connectivity index (χ2v) is 6.22. The molecule has 0 aliphatic heterocycles. The molecule has 2 aromatic heterocycles. The molecule has 0 aliphatic rings. The summed E-state index contributed by atoms with van der Waals surface area (Å²) in [5.41, 5.74) is -2.87. The van der Waals surface area contributed by atoms with E-state index in [1.54, 1.807) is 52.9 Å². The molecule has 0 aliphatic carbocycles. The minimum absolute atomic E-state index is 0.124. The van der Waals surface area contributed by atoms with Crippen molar-refractivity contribution in [2.24, 2.45) is 0 Å². The molecule has 3 rings (SSSR count). The average Bonchev–Trinajstić information content (AvgIpc) is 2.99. The van der Waals surface area contributed by atoms with Crippen LogP contribution in [0.3, 0.4) is 0 Å². The topological polar surface area (TPSA) is 159 Å². The highest BCUT2D eigenvalue weighted by atomic mass is 127. The lowest BCUT2D eigenvalue weighted by molar-refractivity contribution is -0.144. The molecule has 0 bridgehead atoms. The van der Waals surface area contributed by atoms with E-state index >= 15 is 0 Å². The zero-order chi connectivity index (χ0) is 18.8. The summed E-state index contributed by atoms with van der Waals surface area (Å²) < 4.78 is -1.01. The first-order valence-corrected chi connectivity index (χ1v) is 8.31. The molecule has 1 aromatic carbocycles. The summed E-state index contributed by atoms with van der Waals surface area (Å²) in [4.78, 5) is 70.7. The van der Waals surface area contributed by atoms with Gasteiger partial charge >= 0.3 is 22.9 Å². The molecule has 1 amide bonds. The van der Waals surface area contributed by atoms with Gasteiger partial charge in [0, 0.05) is 5.56 Å². The van der Waals surface area contributed by atoms with Gasteiger partial charge in [0.2, 0.25) is 0 Å². The van der Waals surface area contributed by atoms with Crippen molar-refractivity contribution in [2.75, 3.05) is 0 Å². The summed E-state index contributed by atoms with van der Waals surface area (Å²) in [6.45, 7) is 0. The van der Waals surface area contributed by atoms with E-state index in [0.29, 0.717) is 5.56 Å². The number of benzene rings is 1. The van der Waals surface area contributed by atoms with E-state index < -0.39 is 32.9 Å². The highest BCUT2D eigenvalue weighted by molar-refractivity contribution is 14.1. The molecule has 1 atom stereocenters. The molecule has 3 aromatic rings. The fourth-order valence-electron chi connectivity index (χ4n) is 2.05. The Balaban J connectivity index is 1.80. The number of carbonyl (C=O) groups excluding carboxylic acids is 2. The smallest absolute Gasteiger partial charge is 0.331 e. The molecule has 11 nitrogen and oxygen atoms in total. The Morgan fingerprint density at radius 2 is 1.77 bits per heavy atom. The van der Waals surface area contributed by atoms with Crippen molar-refractivity contribution in [1.29, 1.82) is 0 Å². The molecular formula is C14H10IN5O6. The van der Waals surface area contributed by atoms with Gasteiger partial charge in [-0.2, -0.15) is 0 Å². The predicted octanol–water partition coefficient (Wildman–Crippen LogP) is -1.15. The molecule has 0 spiro atoms. The second-order valence-electron chi connectivity index (χ2n) is 4.97. The van der Waals surface area contributed by atoms with E-state index in [9.17, 15) is 24.0 Å². The van der Waals surface area contributed by atoms with Crippen LogP contribution < -0.4 is 27.1 Å². The number of hydrogen-bond acceptors (Lipinski definition) is 6. The summed E-state index contributed by atoms with van der Waals surface area (Å²) in [7, 11) is 0. The molecule has 4 N–H and O–H groups in total. The molecule has 12 heteroatoms. The van der Waals surface area contributed by atoms with Crippen LogP contribution in [-0.4, -0.2) is 35.6 Å². The van der Waals surface area contributed by atoms with Crippen LogP contribution in [-0.2, 0) is 4.79 Å². The van der Waals surface area contributed by atoms with E-state index in [4.69, 9.17) is 4.84 Å². The van der Waals surface area contributed by atoms with Crippen LogP contribution in [0.25, 0.3) is 11.2 Å². The van der Waals surface area contributed by atoms with Crippen LogP contribution in [0.15, 0.2) is 44.7 Å². The number of aromatic nitrogens is 4. The zero-order valence-corrected chi connectivity index (χ0v) is 14.9. The van der Waals surface area contributed by atoms with Crippen LogP contribution >= 0.6 is 22.6 Å². The van der Waals surface area contributed by atoms with E-state index in [-0.39, 0.29) is 15.9 Å². The van der Waals surface area contributed by atoms with Gasteiger partial charge < -0.3 is 10.2 Å². The molecule has 0 fully saturated rings. The Morgan fingerprint density at radius 1 is 1.08 bits per heavy atom. The summed E-state index contributed by atoms with van der Waals surface area (Å²) in [5, 5.41) is 2.38. The number of nitrogens with one attached hydrogen (secondary N) is 4. The third kappa shape index (κ3) is 3.44. The maximum absolute atomic E-state index is 12.2. The first-order valence-electron chi connectivity index (χ1n) is 7.06. The van der Waals surface area contributed by atoms with E-state index in [2.05, 4.69) is 20.3 Å². The molecule has 26 heavy (non-hydrogen) atoms. The molecule has 2 heterocycles. The summed E-state index contributed by atoms with van der Waals surface area (Å²) in [5.74, 6) is -1.59. The number of rotatable bonds is 4. The van der Waals surface area contributed by atoms with Crippen molar-refractivity contribution in [3.63, 3.8) is 0 Å². The third-order valence-corrected chi connectivity index (χ3v) is 4.04. The molecule has 0 radical (unpaired) electrons. The van der Waals surface area contributed by atoms with Gasteiger partial charge in [-0.3, -0.25) is 24.5 Å². The molecule has 0 saturated carbocycles. The maximum Gasteiger partial charge on any atom is 0.365 e. The standard InChI is InChI=1S/C14H10IN5O6/c15-8(17-10(21)6-4-2-1-3-5-6)12(23)26-20-11(22)7-9(19-14(20)25)18-13(24)16-7/h1-5,8H,(H,17,21)(H,19,25)(H2,16,18,24). The summed E-state index contributed by atoms with van der Waals surface area (Å²) in [6.07, 6.45) is 0. The number of alkyl halides is 1. The minimum atomic E-state index is -1.17. The van der Waals surface area contributed by atoms with Crippen LogP contribution in [0.5, 0.6) is 0 Å². The normalized spacial score (nSPS) is 11.9. The Labute approximate surface area is 156 Å². The lowest BCUT2D eigenvalue weighted by Crippen LogP contribution is -2.47. The van der Waals surface area contributed by atoms with Crippen molar-refractivity contribution in [3.8, 4) is 0 Å². The highest BCUT2D eigenvalue weighted by Crippen LogP contribution is 2.03. The summed E-state index contributed by atoms with van der Waals surface area (Å²) >= 11 is 1.58. The first kappa shape index (κ1) is 17.7. The Kier molecular flexibility index (Phi) is 4.75. The predicted molar refractivity (Wildman–Crippen MR) is 97.1 cm³/mol. The number of imidazole rings is 1. The molecule has 1 unspecified atom stereocenters. The van der Waals surface area contributed by atoms with Gasteiger partial charge in [0.25, 0.3) is 5.91 Å². The largest absolute Gasteiger partial charge is 0.365 e. The molecule has 0 saturated heterocycles. The van der Waals surface area contributed by atoms with Crippen molar-refractivity contribution in [2.45, 2.75) is 4.05 Å². The van der Waals surface area contributed by atoms with Crippen molar-refractivity contribution in [3.05, 3.63) is 67.2 Å². The van der Waals surface area contributed by atoms with Gasteiger partial charge in [0.15, 0.2) is 9.57 Å². The Bertz CT molecular complexity index is 1160. The molecular weight excluding hydrogens is 461 g/mol. The van der Waals surface area contributed by atoms with E-state index in [0.717, 1.165) is 0 Å². The monoisotopic (exact) mass is 471 g/mol. The number of fused-ring (bicyclic) bond motifs is 1. The van der Waals surface area contributed by atoms with Gasteiger partial charge in [-0.05, 0) is 34.7 Å². The fourth-order valence-corrected chi connectivity index (χ4v) is 2.45. The SMILES string of the molecule is O=C(NC(I)C(=O)On1c(=O)[nH]c2[nH]c(=O)[nH]c2c1=O)c1ccccc1. The van der Waals surface area contributed by atoms with Crippen LogP contribution in [0.1, 0.15) is 10.4 Å². The van der Waals surface area contributed by atoms with Crippen molar-refractivity contribution >= 4 is 45.6 Å². The third-order valence-electron chi connectivity index (χ3n) is 3.22. The zero-order valence-electron chi connectivity index (χ0n) is 12.7. The number of carbonyl (C=O) groups is 2. The van der Waals surface area contributed by atoms with Gasteiger partial charge in [0.1, 0.15) is 5.65 Å². The number of aromatic amines is 3. The number of hydrogen-bond donors (Lipinski definition) is 4. The summed E-state index contributed by atoms with van der Waals surface area (Å²) in [6, 6.07) is 8.14.